The van der Waals surface area contributed by atoms with Crippen molar-refractivity contribution in [1.82, 2.24) is 10.2 Å². The van der Waals surface area contributed by atoms with Gasteiger partial charge in [-0.05, 0) is 0 Å². The molecule has 1 heterocycles. The van der Waals surface area contributed by atoms with Crippen LogP contribution in [0.1, 0.15) is 0 Å². The second-order valence-electron chi connectivity index (χ2n) is 2.37. The van der Waals surface area contributed by atoms with Crippen LogP contribution in [0.15, 0.2) is 35.6 Å². The van der Waals surface area contributed by atoms with Gasteiger partial charge in [0.25, 0.3) is 0 Å². The summed E-state index contributed by atoms with van der Waals surface area (Å²) in [7, 11) is 0. The first-order chi connectivity index (χ1) is 5.92. The number of benzene rings is 1. The lowest BCUT2D eigenvalue weighted by Gasteiger charge is -1.95. The van der Waals surface area contributed by atoms with Crippen molar-refractivity contribution in [2.75, 3.05) is 0 Å². The molecule has 0 spiro atoms. The molecule has 0 saturated carbocycles. The SMILES string of the molecule is N=Nc1nncc2ccccc12. The number of rotatable bonds is 1. The Kier molecular flexibility index (Phi) is 1.51. The highest BCUT2D eigenvalue weighted by Gasteiger charge is 1.98. The van der Waals surface area contributed by atoms with Crippen molar-refractivity contribution >= 4 is 16.6 Å². The quantitative estimate of drug-likeness (QED) is 0.647. The zero-order chi connectivity index (χ0) is 8.39. The Morgan fingerprint density at radius 3 is 2.92 bits per heavy atom. The number of hydrogen-bond acceptors (Lipinski definition) is 4. The van der Waals surface area contributed by atoms with Gasteiger partial charge in [-0.2, -0.15) is 5.10 Å². The summed E-state index contributed by atoms with van der Waals surface area (Å²) in [5, 5.41) is 12.5. The van der Waals surface area contributed by atoms with Gasteiger partial charge in [0.15, 0.2) is 0 Å². The summed E-state index contributed by atoms with van der Waals surface area (Å²) in [6.45, 7) is 0. The monoisotopic (exact) mass is 158 g/mol. The normalized spacial score (nSPS) is 10.0. The molecule has 0 unspecified atom stereocenters. The molecule has 1 aromatic heterocycles. The van der Waals surface area contributed by atoms with Crippen molar-refractivity contribution in [2.24, 2.45) is 5.11 Å². The smallest absolute Gasteiger partial charge is 0.203 e. The molecular formula is C8H6N4. The lowest BCUT2D eigenvalue weighted by molar-refractivity contribution is 0.997. The number of hydrogen-bond donors (Lipinski definition) is 1. The molecule has 2 rings (SSSR count). The summed E-state index contributed by atoms with van der Waals surface area (Å²) in [6, 6.07) is 7.59. The molecule has 0 fully saturated rings. The van der Waals surface area contributed by atoms with E-state index in [1.165, 1.54) is 0 Å². The van der Waals surface area contributed by atoms with Crippen LogP contribution in [0, 0.1) is 5.53 Å². The Morgan fingerprint density at radius 2 is 2.08 bits per heavy atom. The van der Waals surface area contributed by atoms with Gasteiger partial charge in [0, 0.05) is 10.8 Å². The van der Waals surface area contributed by atoms with Crippen LogP contribution >= 0.6 is 0 Å². The van der Waals surface area contributed by atoms with E-state index in [4.69, 9.17) is 5.53 Å². The van der Waals surface area contributed by atoms with Crippen LogP contribution in [0.3, 0.4) is 0 Å². The Morgan fingerprint density at radius 1 is 1.25 bits per heavy atom. The maximum atomic E-state index is 6.85. The van der Waals surface area contributed by atoms with Crippen LogP contribution in [0.25, 0.3) is 10.8 Å². The molecule has 0 radical (unpaired) electrons. The molecule has 0 aliphatic carbocycles. The largest absolute Gasteiger partial charge is 0.203 e. The number of fused-ring (bicyclic) bond motifs is 1. The highest BCUT2D eigenvalue weighted by atomic mass is 15.2. The summed E-state index contributed by atoms with van der Waals surface area (Å²) < 4.78 is 0. The highest BCUT2D eigenvalue weighted by Crippen LogP contribution is 2.20. The van der Waals surface area contributed by atoms with E-state index in [0.717, 1.165) is 10.8 Å². The van der Waals surface area contributed by atoms with Gasteiger partial charge < -0.3 is 0 Å². The summed E-state index contributed by atoms with van der Waals surface area (Å²) in [6.07, 6.45) is 1.66. The minimum Gasteiger partial charge on any atom is -0.203 e. The maximum Gasteiger partial charge on any atom is 0.203 e. The molecule has 58 valence electrons. The highest BCUT2D eigenvalue weighted by molar-refractivity contribution is 5.89. The van der Waals surface area contributed by atoms with Crippen molar-refractivity contribution in [3.63, 3.8) is 0 Å². The Hall–Kier alpha value is -1.84. The maximum absolute atomic E-state index is 6.85. The van der Waals surface area contributed by atoms with Gasteiger partial charge in [-0.1, -0.05) is 24.3 Å². The van der Waals surface area contributed by atoms with Crippen molar-refractivity contribution in [3.05, 3.63) is 30.5 Å². The lowest BCUT2D eigenvalue weighted by atomic mass is 10.2. The molecule has 0 atom stereocenters. The van der Waals surface area contributed by atoms with E-state index in [0.29, 0.717) is 5.82 Å². The average Bonchev–Trinajstić information content (AvgIpc) is 2.17. The molecule has 0 bridgehead atoms. The van der Waals surface area contributed by atoms with Gasteiger partial charge in [0.1, 0.15) is 0 Å². The van der Waals surface area contributed by atoms with Gasteiger partial charge in [0.05, 0.1) is 6.20 Å². The van der Waals surface area contributed by atoms with Crippen molar-refractivity contribution in [2.45, 2.75) is 0 Å². The number of nitrogens with one attached hydrogen (secondary N) is 1. The minimum absolute atomic E-state index is 0.369. The predicted octanol–water partition coefficient (Wildman–Crippen LogP) is 2.29. The van der Waals surface area contributed by atoms with Gasteiger partial charge in [-0.25, -0.2) is 5.53 Å². The van der Waals surface area contributed by atoms with Gasteiger partial charge in [0.2, 0.25) is 5.82 Å². The first kappa shape index (κ1) is 6.84. The molecule has 0 aliphatic heterocycles. The van der Waals surface area contributed by atoms with E-state index in [-0.39, 0.29) is 0 Å². The van der Waals surface area contributed by atoms with Crippen molar-refractivity contribution in [3.8, 4) is 0 Å². The second-order valence-corrected chi connectivity index (χ2v) is 2.37. The molecule has 0 aliphatic rings. The average molecular weight is 158 g/mol. The molecule has 4 heteroatoms. The zero-order valence-corrected chi connectivity index (χ0v) is 6.23. The summed E-state index contributed by atoms with van der Waals surface area (Å²) in [4.78, 5) is 0. The van der Waals surface area contributed by atoms with Gasteiger partial charge >= 0.3 is 0 Å². The molecule has 1 N–H and O–H groups in total. The minimum atomic E-state index is 0.369. The molecule has 1 aromatic carbocycles. The van der Waals surface area contributed by atoms with Crippen LogP contribution in [-0.4, -0.2) is 10.2 Å². The Labute approximate surface area is 68.8 Å². The lowest BCUT2D eigenvalue weighted by Crippen LogP contribution is -1.81. The zero-order valence-electron chi connectivity index (χ0n) is 6.23. The van der Waals surface area contributed by atoms with E-state index in [2.05, 4.69) is 15.3 Å². The van der Waals surface area contributed by atoms with Gasteiger partial charge in [-0.15, -0.1) is 10.2 Å². The van der Waals surface area contributed by atoms with Gasteiger partial charge in [-0.3, -0.25) is 0 Å². The van der Waals surface area contributed by atoms with Crippen LogP contribution in [0.4, 0.5) is 5.82 Å². The molecule has 12 heavy (non-hydrogen) atoms. The van der Waals surface area contributed by atoms with E-state index in [1.807, 2.05) is 24.3 Å². The van der Waals surface area contributed by atoms with E-state index < -0.39 is 0 Å². The standard InChI is InChI=1S/C8H6N4/c9-11-8-7-4-2-1-3-6(7)5-10-12-8/h1-5,9H. The fourth-order valence-corrected chi connectivity index (χ4v) is 1.10. The van der Waals surface area contributed by atoms with Crippen molar-refractivity contribution in [1.29, 1.82) is 5.53 Å². The van der Waals surface area contributed by atoms with Crippen LogP contribution < -0.4 is 0 Å². The fourth-order valence-electron chi connectivity index (χ4n) is 1.10. The summed E-state index contributed by atoms with van der Waals surface area (Å²) in [5.74, 6) is 0.369. The molecule has 2 aromatic rings. The molecule has 0 amide bonds. The topological polar surface area (TPSA) is 62.0 Å². The third-order valence-electron chi connectivity index (χ3n) is 1.66. The first-order valence-corrected chi connectivity index (χ1v) is 3.50. The Bertz CT molecular complexity index is 419. The summed E-state index contributed by atoms with van der Waals surface area (Å²) >= 11 is 0. The van der Waals surface area contributed by atoms with Crippen LogP contribution in [-0.2, 0) is 0 Å². The van der Waals surface area contributed by atoms with E-state index >= 15 is 0 Å². The Balaban J connectivity index is 2.88. The molecule has 4 nitrogen and oxygen atoms in total. The summed E-state index contributed by atoms with van der Waals surface area (Å²) in [5.41, 5.74) is 6.85. The third-order valence-corrected chi connectivity index (χ3v) is 1.66. The number of aromatic nitrogens is 2. The van der Waals surface area contributed by atoms with Crippen LogP contribution in [0.5, 0.6) is 0 Å². The first-order valence-electron chi connectivity index (χ1n) is 3.50. The van der Waals surface area contributed by atoms with E-state index in [1.54, 1.807) is 6.20 Å². The third kappa shape index (κ3) is 0.934. The van der Waals surface area contributed by atoms with E-state index in [9.17, 15) is 0 Å². The second kappa shape index (κ2) is 2.65. The fraction of sp³-hybridized carbons (Fsp3) is 0. The molecular weight excluding hydrogens is 152 g/mol. The predicted molar refractivity (Wildman–Crippen MR) is 44.3 cm³/mol. The van der Waals surface area contributed by atoms with Crippen molar-refractivity contribution < 1.29 is 0 Å². The number of nitrogens with zero attached hydrogens (tertiary/aromatic N) is 3. The molecule has 0 saturated heterocycles. The van der Waals surface area contributed by atoms with Crippen LogP contribution in [0.2, 0.25) is 0 Å².